The van der Waals surface area contributed by atoms with Gasteiger partial charge in [0.15, 0.2) is 0 Å². The molecule has 0 aliphatic heterocycles. The fourth-order valence-electron chi connectivity index (χ4n) is 0.906. The molecule has 3 nitrogen and oxygen atoms in total. The van der Waals surface area contributed by atoms with E-state index >= 15 is 0 Å². The van der Waals surface area contributed by atoms with Gasteiger partial charge in [0, 0.05) is 0 Å². The zero-order valence-corrected chi connectivity index (χ0v) is 10.3. The molecule has 0 bridgehead atoms. The summed E-state index contributed by atoms with van der Waals surface area (Å²) in [7, 11) is 0. The maximum absolute atomic E-state index is 11.8. The molecule has 1 aromatic heterocycles. The molecule has 0 radical (unpaired) electrons. The maximum Gasteiger partial charge on any atom is 0.261 e. The third-order valence-electron chi connectivity index (χ3n) is 2.70. The van der Waals surface area contributed by atoms with Gasteiger partial charge in [-0.2, -0.15) is 0 Å². The first-order valence-corrected chi connectivity index (χ1v) is 5.70. The summed E-state index contributed by atoms with van der Waals surface area (Å²) in [6.07, 6.45) is 0. The van der Waals surface area contributed by atoms with Crippen molar-refractivity contribution in [2.24, 2.45) is 0 Å². The van der Waals surface area contributed by atoms with Crippen molar-refractivity contribution < 1.29 is 9.90 Å². The molecule has 0 spiro atoms. The van der Waals surface area contributed by atoms with Crippen molar-refractivity contribution in [3.8, 4) is 0 Å². The number of hydrogen-bond donors (Lipinski definition) is 2. The molecule has 4 heteroatoms. The average Bonchev–Trinajstić information content (AvgIpc) is 2.51. The van der Waals surface area contributed by atoms with Crippen molar-refractivity contribution in [2.75, 3.05) is 0 Å². The predicted molar refractivity (Wildman–Crippen MR) is 62.2 cm³/mol. The quantitative estimate of drug-likeness (QED) is 0.830. The molecule has 0 saturated heterocycles. The molecule has 1 aromatic rings. The van der Waals surface area contributed by atoms with E-state index in [1.165, 1.54) is 11.3 Å². The number of amides is 1. The molecule has 0 aromatic carbocycles. The monoisotopic (exact) mass is 227 g/mol. The summed E-state index contributed by atoms with van der Waals surface area (Å²) in [5.41, 5.74) is -1.62. The SMILES string of the molecule is CC(C)(O)C(C)(C)NC(=O)c1cccs1. The molecule has 0 saturated carbocycles. The lowest BCUT2D eigenvalue weighted by atomic mass is 9.86. The van der Waals surface area contributed by atoms with E-state index in [1.807, 2.05) is 11.4 Å². The van der Waals surface area contributed by atoms with E-state index in [0.29, 0.717) is 4.88 Å². The Balaban J connectivity index is 2.75. The molecular weight excluding hydrogens is 210 g/mol. The van der Waals surface area contributed by atoms with Crippen LogP contribution in [0.1, 0.15) is 37.4 Å². The number of nitrogens with one attached hydrogen (secondary N) is 1. The second-order valence-electron chi connectivity index (χ2n) is 4.62. The van der Waals surface area contributed by atoms with Gasteiger partial charge in [0.25, 0.3) is 5.91 Å². The second kappa shape index (κ2) is 3.94. The summed E-state index contributed by atoms with van der Waals surface area (Å²) in [6.45, 7) is 6.97. The van der Waals surface area contributed by atoms with Gasteiger partial charge in [0.1, 0.15) is 0 Å². The Morgan fingerprint density at radius 1 is 1.40 bits per heavy atom. The Morgan fingerprint density at radius 3 is 2.40 bits per heavy atom. The van der Waals surface area contributed by atoms with E-state index in [4.69, 9.17) is 0 Å². The van der Waals surface area contributed by atoms with Crippen molar-refractivity contribution in [2.45, 2.75) is 38.8 Å². The molecule has 1 rings (SSSR count). The van der Waals surface area contributed by atoms with Gasteiger partial charge in [0.2, 0.25) is 0 Å². The third-order valence-corrected chi connectivity index (χ3v) is 3.57. The molecule has 84 valence electrons. The first kappa shape index (κ1) is 12.2. The van der Waals surface area contributed by atoms with Crippen molar-refractivity contribution >= 4 is 17.2 Å². The second-order valence-corrected chi connectivity index (χ2v) is 5.56. The van der Waals surface area contributed by atoms with Crippen LogP contribution in [-0.4, -0.2) is 22.2 Å². The van der Waals surface area contributed by atoms with Crippen LogP contribution >= 0.6 is 11.3 Å². The lowest BCUT2D eigenvalue weighted by molar-refractivity contribution is -0.00284. The molecule has 0 unspecified atom stereocenters. The van der Waals surface area contributed by atoms with Crippen LogP contribution in [0.3, 0.4) is 0 Å². The summed E-state index contributed by atoms with van der Waals surface area (Å²) in [6, 6.07) is 3.59. The lowest BCUT2D eigenvalue weighted by Crippen LogP contribution is -2.57. The molecule has 0 aliphatic carbocycles. The first-order valence-electron chi connectivity index (χ1n) is 4.82. The normalized spacial score (nSPS) is 12.6. The smallest absolute Gasteiger partial charge is 0.261 e. The van der Waals surface area contributed by atoms with Crippen LogP contribution in [0.4, 0.5) is 0 Å². The van der Waals surface area contributed by atoms with Crippen molar-refractivity contribution in [3.63, 3.8) is 0 Å². The van der Waals surface area contributed by atoms with Crippen LogP contribution in [0.25, 0.3) is 0 Å². The van der Waals surface area contributed by atoms with Crippen LogP contribution in [0, 0.1) is 0 Å². The minimum absolute atomic E-state index is 0.142. The summed E-state index contributed by atoms with van der Waals surface area (Å²) in [4.78, 5) is 12.4. The highest BCUT2D eigenvalue weighted by molar-refractivity contribution is 7.12. The summed E-state index contributed by atoms with van der Waals surface area (Å²) < 4.78 is 0. The Kier molecular flexibility index (Phi) is 3.21. The van der Waals surface area contributed by atoms with Gasteiger partial charge in [-0.3, -0.25) is 4.79 Å². The standard InChI is InChI=1S/C11H17NO2S/c1-10(2,11(3,4)14)12-9(13)8-6-5-7-15-8/h5-7,14H,1-4H3,(H,12,13). The molecule has 2 N–H and O–H groups in total. The highest BCUT2D eigenvalue weighted by atomic mass is 32.1. The molecule has 0 aliphatic rings. The Hall–Kier alpha value is -0.870. The van der Waals surface area contributed by atoms with Crippen LogP contribution in [0.5, 0.6) is 0 Å². The number of rotatable bonds is 3. The summed E-state index contributed by atoms with van der Waals surface area (Å²) in [5.74, 6) is -0.142. The predicted octanol–water partition coefficient (Wildman–Crippen LogP) is 2.03. The lowest BCUT2D eigenvalue weighted by Gasteiger charge is -2.37. The fraction of sp³-hybridized carbons (Fsp3) is 0.545. The molecule has 0 atom stereocenters. The van der Waals surface area contributed by atoms with Gasteiger partial charge in [-0.15, -0.1) is 11.3 Å². The van der Waals surface area contributed by atoms with Gasteiger partial charge in [-0.25, -0.2) is 0 Å². The van der Waals surface area contributed by atoms with E-state index in [9.17, 15) is 9.90 Å². The minimum atomic E-state index is -0.958. The van der Waals surface area contributed by atoms with Crippen LogP contribution in [0.15, 0.2) is 17.5 Å². The zero-order chi connectivity index (χ0) is 11.7. The van der Waals surface area contributed by atoms with Gasteiger partial charge in [-0.1, -0.05) is 6.07 Å². The summed E-state index contributed by atoms with van der Waals surface area (Å²) in [5, 5.41) is 14.6. The molecular formula is C11H17NO2S. The van der Waals surface area contributed by atoms with Gasteiger partial charge < -0.3 is 10.4 Å². The van der Waals surface area contributed by atoms with Gasteiger partial charge in [-0.05, 0) is 39.1 Å². The Morgan fingerprint density at radius 2 is 2.00 bits per heavy atom. The van der Waals surface area contributed by atoms with Crippen molar-refractivity contribution in [1.82, 2.24) is 5.32 Å². The van der Waals surface area contributed by atoms with E-state index < -0.39 is 11.1 Å². The van der Waals surface area contributed by atoms with E-state index in [1.54, 1.807) is 33.8 Å². The van der Waals surface area contributed by atoms with Crippen LogP contribution < -0.4 is 5.32 Å². The topological polar surface area (TPSA) is 49.3 Å². The Labute approximate surface area is 94.1 Å². The number of carbonyl (C=O) groups excluding carboxylic acids is 1. The number of thiophene rings is 1. The van der Waals surface area contributed by atoms with Crippen molar-refractivity contribution in [3.05, 3.63) is 22.4 Å². The van der Waals surface area contributed by atoms with E-state index in [0.717, 1.165) is 0 Å². The van der Waals surface area contributed by atoms with Gasteiger partial charge in [0.05, 0.1) is 16.0 Å². The number of hydrogen-bond acceptors (Lipinski definition) is 3. The largest absolute Gasteiger partial charge is 0.388 e. The van der Waals surface area contributed by atoms with Crippen LogP contribution in [0.2, 0.25) is 0 Å². The number of carbonyl (C=O) groups is 1. The van der Waals surface area contributed by atoms with E-state index in [-0.39, 0.29) is 5.91 Å². The third kappa shape index (κ3) is 2.79. The minimum Gasteiger partial charge on any atom is -0.388 e. The van der Waals surface area contributed by atoms with Crippen molar-refractivity contribution in [1.29, 1.82) is 0 Å². The molecule has 0 fully saturated rings. The van der Waals surface area contributed by atoms with E-state index in [2.05, 4.69) is 5.32 Å². The Bertz CT molecular complexity index is 336. The summed E-state index contributed by atoms with van der Waals surface area (Å²) >= 11 is 1.39. The fourth-order valence-corrected chi connectivity index (χ4v) is 1.53. The first-order chi connectivity index (χ1) is 6.74. The number of aliphatic hydroxyl groups is 1. The highest BCUT2D eigenvalue weighted by Gasteiger charge is 2.36. The molecule has 1 amide bonds. The van der Waals surface area contributed by atoms with Crippen LogP contribution in [-0.2, 0) is 0 Å². The maximum atomic E-state index is 11.8. The highest BCUT2D eigenvalue weighted by Crippen LogP contribution is 2.21. The molecule has 15 heavy (non-hydrogen) atoms. The van der Waals surface area contributed by atoms with Gasteiger partial charge >= 0.3 is 0 Å². The molecule has 1 heterocycles. The zero-order valence-electron chi connectivity index (χ0n) is 9.50. The average molecular weight is 227 g/mol.